The number of amides is 1. The van der Waals surface area contributed by atoms with E-state index in [1.54, 1.807) is 11.8 Å². The van der Waals surface area contributed by atoms with Crippen LogP contribution >= 0.6 is 0 Å². The number of rotatable bonds is 5. The first-order chi connectivity index (χ1) is 10.3. The third-order valence-corrected chi connectivity index (χ3v) is 4.84. The van der Waals surface area contributed by atoms with Crippen LogP contribution in [-0.2, 0) is 21.2 Å². The van der Waals surface area contributed by atoms with Crippen molar-refractivity contribution in [1.29, 1.82) is 0 Å². The first-order valence-corrected chi connectivity index (χ1v) is 9.54. The van der Waals surface area contributed by atoms with E-state index in [9.17, 15) is 13.2 Å². The highest BCUT2D eigenvalue weighted by atomic mass is 32.2. The Morgan fingerprint density at radius 3 is 2.41 bits per heavy atom. The molecule has 0 unspecified atom stereocenters. The summed E-state index contributed by atoms with van der Waals surface area (Å²) in [5.74, 6) is 0.452. The monoisotopic (exact) mass is 324 g/mol. The lowest BCUT2D eigenvalue weighted by Gasteiger charge is -2.33. The molecule has 0 aliphatic carbocycles. The molecule has 1 fully saturated rings. The summed E-state index contributed by atoms with van der Waals surface area (Å²) >= 11 is 0. The zero-order valence-electron chi connectivity index (χ0n) is 13.2. The van der Waals surface area contributed by atoms with Crippen molar-refractivity contribution in [2.75, 3.05) is 19.3 Å². The van der Waals surface area contributed by atoms with Crippen LogP contribution in [0.4, 0.5) is 0 Å². The average molecular weight is 324 g/mol. The highest BCUT2D eigenvalue weighted by Gasteiger charge is 2.27. The summed E-state index contributed by atoms with van der Waals surface area (Å²) in [6.45, 7) is 3.00. The summed E-state index contributed by atoms with van der Waals surface area (Å²) in [5.41, 5.74) is 1.33. The quantitative estimate of drug-likeness (QED) is 0.890. The Morgan fingerprint density at radius 1 is 1.27 bits per heavy atom. The minimum atomic E-state index is -3.36. The van der Waals surface area contributed by atoms with Crippen molar-refractivity contribution in [3.8, 4) is 0 Å². The molecule has 1 atom stereocenters. The molecule has 1 aliphatic heterocycles. The van der Waals surface area contributed by atoms with Crippen LogP contribution < -0.4 is 4.72 Å². The lowest BCUT2D eigenvalue weighted by Crippen LogP contribution is -2.49. The summed E-state index contributed by atoms with van der Waals surface area (Å²) in [7, 11) is -3.36. The van der Waals surface area contributed by atoms with E-state index in [1.165, 1.54) is 5.56 Å². The standard InChI is InChI=1S/C16H24N2O3S/c1-13(17-22(2,20)21)16(19)18-10-8-15(9-11-18)12-14-6-4-3-5-7-14/h3-7,13,15,17H,8-12H2,1-2H3/t13-/m1/s1. The van der Waals surface area contributed by atoms with Gasteiger partial charge in [-0.25, -0.2) is 13.1 Å². The summed E-state index contributed by atoms with van der Waals surface area (Å²) in [4.78, 5) is 14.0. The van der Waals surface area contributed by atoms with Crippen LogP contribution in [0.25, 0.3) is 0 Å². The van der Waals surface area contributed by atoms with Crippen LogP contribution in [0.3, 0.4) is 0 Å². The third kappa shape index (κ3) is 5.10. The van der Waals surface area contributed by atoms with Gasteiger partial charge in [-0.1, -0.05) is 30.3 Å². The number of sulfonamides is 1. The van der Waals surface area contributed by atoms with Crippen molar-refractivity contribution >= 4 is 15.9 Å². The smallest absolute Gasteiger partial charge is 0.240 e. The Balaban J connectivity index is 1.83. The number of hydrogen-bond acceptors (Lipinski definition) is 3. The molecule has 22 heavy (non-hydrogen) atoms. The van der Waals surface area contributed by atoms with Crippen molar-refractivity contribution in [2.45, 2.75) is 32.2 Å². The van der Waals surface area contributed by atoms with Crippen LogP contribution in [0.2, 0.25) is 0 Å². The number of hydrogen-bond donors (Lipinski definition) is 1. The topological polar surface area (TPSA) is 66.5 Å². The fraction of sp³-hybridized carbons (Fsp3) is 0.562. The number of carbonyl (C=O) groups excluding carboxylic acids is 1. The molecule has 1 saturated heterocycles. The minimum absolute atomic E-state index is 0.136. The molecule has 6 heteroatoms. The number of piperidine rings is 1. The van der Waals surface area contributed by atoms with Crippen LogP contribution in [0, 0.1) is 5.92 Å². The van der Waals surface area contributed by atoms with Crippen molar-refractivity contribution in [2.24, 2.45) is 5.92 Å². The lowest BCUT2D eigenvalue weighted by molar-refractivity contribution is -0.133. The van der Waals surface area contributed by atoms with Gasteiger partial charge in [0.25, 0.3) is 0 Å². The summed E-state index contributed by atoms with van der Waals surface area (Å²) in [6.07, 6.45) is 4.04. The zero-order chi connectivity index (χ0) is 16.2. The molecule has 0 spiro atoms. The van der Waals surface area contributed by atoms with Crippen LogP contribution in [0.5, 0.6) is 0 Å². The van der Waals surface area contributed by atoms with Crippen molar-refractivity contribution in [3.63, 3.8) is 0 Å². The summed E-state index contributed by atoms with van der Waals surface area (Å²) in [5, 5.41) is 0. The van der Waals surface area contributed by atoms with Gasteiger partial charge in [-0.2, -0.15) is 0 Å². The predicted octanol–water partition coefficient (Wildman–Crippen LogP) is 1.41. The van der Waals surface area contributed by atoms with Gasteiger partial charge in [-0.05, 0) is 37.7 Å². The van der Waals surface area contributed by atoms with Gasteiger partial charge < -0.3 is 4.90 Å². The van der Waals surface area contributed by atoms with Crippen molar-refractivity contribution in [3.05, 3.63) is 35.9 Å². The zero-order valence-corrected chi connectivity index (χ0v) is 14.0. The SMILES string of the molecule is C[C@@H](NS(C)(=O)=O)C(=O)N1CCC(Cc2ccccc2)CC1. The number of nitrogens with one attached hydrogen (secondary N) is 1. The van der Waals surface area contributed by atoms with Gasteiger partial charge in [0.1, 0.15) is 0 Å². The fourth-order valence-corrected chi connectivity index (χ4v) is 3.69. The van der Waals surface area contributed by atoms with Gasteiger partial charge in [-0.3, -0.25) is 4.79 Å². The molecular weight excluding hydrogens is 300 g/mol. The summed E-state index contributed by atoms with van der Waals surface area (Å²) in [6, 6.07) is 9.69. The minimum Gasteiger partial charge on any atom is -0.341 e. The van der Waals surface area contributed by atoms with Gasteiger partial charge in [-0.15, -0.1) is 0 Å². The fourth-order valence-electron chi connectivity index (χ4n) is 2.95. The molecule has 1 amide bonds. The van der Waals surface area contributed by atoms with Crippen LogP contribution in [0.15, 0.2) is 30.3 Å². The predicted molar refractivity (Wildman–Crippen MR) is 86.9 cm³/mol. The number of nitrogens with zero attached hydrogens (tertiary/aromatic N) is 1. The van der Waals surface area contributed by atoms with Crippen molar-refractivity contribution < 1.29 is 13.2 Å². The normalized spacial score (nSPS) is 18.2. The number of benzene rings is 1. The Labute approximate surface area is 132 Å². The van der Waals surface area contributed by atoms with E-state index in [4.69, 9.17) is 0 Å². The largest absolute Gasteiger partial charge is 0.341 e. The van der Waals surface area contributed by atoms with Gasteiger partial charge in [0.2, 0.25) is 15.9 Å². The highest BCUT2D eigenvalue weighted by Crippen LogP contribution is 2.22. The molecule has 1 aromatic carbocycles. The van der Waals surface area contributed by atoms with Crippen LogP contribution in [-0.4, -0.2) is 44.6 Å². The molecule has 5 nitrogen and oxygen atoms in total. The maximum absolute atomic E-state index is 12.2. The van der Waals surface area contributed by atoms with Crippen molar-refractivity contribution in [1.82, 2.24) is 9.62 Å². The maximum atomic E-state index is 12.2. The van der Waals surface area contributed by atoms with Crippen LogP contribution in [0.1, 0.15) is 25.3 Å². The molecule has 0 bridgehead atoms. The van der Waals surface area contributed by atoms with E-state index in [0.717, 1.165) is 25.5 Å². The molecule has 1 heterocycles. The number of carbonyl (C=O) groups is 1. The van der Waals surface area contributed by atoms with E-state index in [1.807, 2.05) is 18.2 Å². The first-order valence-electron chi connectivity index (χ1n) is 7.65. The second-order valence-electron chi connectivity index (χ2n) is 6.07. The first kappa shape index (κ1) is 17.0. The molecule has 1 aromatic rings. The van der Waals surface area contributed by atoms with E-state index in [0.29, 0.717) is 19.0 Å². The Kier molecular flexibility index (Phi) is 5.58. The second-order valence-corrected chi connectivity index (χ2v) is 7.85. The maximum Gasteiger partial charge on any atom is 0.240 e. The molecular formula is C16H24N2O3S. The van der Waals surface area contributed by atoms with E-state index >= 15 is 0 Å². The highest BCUT2D eigenvalue weighted by molar-refractivity contribution is 7.88. The van der Waals surface area contributed by atoms with Gasteiger partial charge in [0.15, 0.2) is 0 Å². The molecule has 0 saturated carbocycles. The number of likely N-dealkylation sites (tertiary alicyclic amines) is 1. The summed E-state index contributed by atoms with van der Waals surface area (Å²) < 4.78 is 24.8. The van der Waals surface area contributed by atoms with E-state index < -0.39 is 16.1 Å². The molecule has 2 rings (SSSR count). The van der Waals surface area contributed by atoms with E-state index in [-0.39, 0.29) is 5.91 Å². The second kappa shape index (κ2) is 7.24. The molecule has 0 aromatic heterocycles. The van der Waals surface area contributed by atoms with Gasteiger partial charge in [0.05, 0.1) is 12.3 Å². The Morgan fingerprint density at radius 2 is 1.86 bits per heavy atom. The molecule has 1 aliphatic rings. The van der Waals surface area contributed by atoms with E-state index in [2.05, 4.69) is 16.9 Å². The lowest BCUT2D eigenvalue weighted by atomic mass is 9.90. The molecule has 0 radical (unpaired) electrons. The Bertz CT molecular complexity index is 593. The molecule has 122 valence electrons. The average Bonchev–Trinajstić information content (AvgIpc) is 2.46. The third-order valence-electron chi connectivity index (χ3n) is 4.05. The van der Waals surface area contributed by atoms with Gasteiger partial charge >= 0.3 is 0 Å². The van der Waals surface area contributed by atoms with Gasteiger partial charge in [0, 0.05) is 13.1 Å². The Hall–Kier alpha value is -1.40. The molecule has 1 N–H and O–H groups in total.